The Bertz CT molecular complexity index is 1070. The van der Waals surface area contributed by atoms with E-state index < -0.39 is 5.91 Å². The molecule has 2 aromatic rings. The van der Waals surface area contributed by atoms with Gasteiger partial charge in [-0.15, -0.1) is 0 Å². The van der Waals surface area contributed by atoms with Crippen LogP contribution in [0.2, 0.25) is 0 Å². The molecule has 0 unspecified atom stereocenters. The van der Waals surface area contributed by atoms with Gasteiger partial charge in [-0.1, -0.05) is 42.0 Å². The summed E-state index contributed by atoms with van der Waals surface area (Å²) in [5.41, 5.74) is 6.59. The molecule has 1 saturated heterocycles. The zero-order valence-corrected chi connectivity index (χ0v) is 18.2. The van der Waals surface area contributed by atoms with E-state index in [1.165, 1.54) is 5.56 Å². The van der Waals surface area contributed by atoms with Crippen LogP contribution in [0, 0.1) is 20.8 Å². The second kappa shape index (κ2) is 8.11. The van der Waals surface area contributed by atoms with Crippen LogP contribution in [0.25, 0.3) is 6.08 Å². The van der Waals surface area contributed by atoms with Gasteiger partial charge in [-0.25, -0.2) is 0 Å². The summed E-state index contributed by atoms with van der Waals surface area (Å²) in [6.45, 7) is 6.92. The quantitative estimate of drug-likeness (QED) is 0.697. The maximum absolute atomic E-state index is 12.9. The molecule has 1 fully saturated rings. The fourth-order valence-electron chi connectivity index (χ4n) is 4.13. The number of imide groups is 1. The van der Waals surface area contributed by atoms with E-state index in [0.717, 1.165) is 50.9 Å². The summed E-state index contributed by atoms with van der Waals surface area (Å²) in [4.78, 5) is 41.3. The summed E-state index contributed by atoms with van der Waals surface area (Å²) in [5, 5.41) is -0.389. The van der Waals surface area contributed by atoms with Gasteiger partial charge in [-0.3, -0.25) is 19.3 Å². The largest absolute Gasteiger partial charge is 0.336 e. The molecule has 0 aromatic heterocycles. The molecule has 2 aliphatic rings. The van der Waals surface area contributed by atoms with E-state index in [-0.39, 0.29) is 17.7 Å². The second-order valence-electron chi connectivity index (χ2n) is 7.91. The van der Waals surface area contributed by atoms with Gasteiger partial charge in [0, 0.05) is 13.1 Å². The molecule has 30 heavy (non-hydrogen) atoms. The molecule has 2 heterocycles. The Kier molecular flexibility index (Phi) is 5.52. The molecule has 0 saturated carbocycles. The minimum Gasteiger partial charge on any atom is -0.336 e. The number of benzene rings is 2. The van der Waals surface area contributed by atoms with Crippen LogP contribution in [-0.2, 0) is 22.6 Å². The summed E-state index contributed by atoms with van der Waals surface area (Å²) >= 11 is 0.903. The Morgan fingerprint density at radius 3 is 2.43 bits per heavy atom. The molecule has 0 N–H and O–H groups in total. The van der Waals surface area contributed by atoms with Crippen molar-refractivity contribution in [3.63, 3.8) is 0 Å². The van der Waals surface area contributed by atoms with Crippen LogP contribution in [-0.4, -0.2) is 39.9 Å². The van der Waals surface area contributed by atoms with Gasteiger partial charge in [0.1, 0.15) is 6.54 Å². The first kappa shape index (κ1) is 20.4. The summed E-state index contributed by atoms with van der Waals surface area (Å²) < 4.78 is 0. The first-order valence-corrected chi connectivity index (χ1v) is 10.8. The summed E-state index contributed by atoms with van der Waals surface area (Å²) in [6, 6.07) is 12.2. The number of hydrogen-bond donors (Lipinski definition) is 0. The molecule has 2 aliphatic heterocycles. The number of fused-ring (bicyclic) bond motifs is 1. The molecule has 2 aromatic carbocycles. The average molecular weight is 421 g/mol. The van der Waals surface area contributed by atoms with Crippen molar-refractivity contribution in [2.45, 2.75) is 33.7 Å². The van der Waals surface area contributed by atoms with Crippen LogP contribution in [0.1, 0.15) is 33.4 Å². The fourth-order valence-corrected chi connectivity index (χ4v) is 4.95. The SMILES string of the molecule is Cc1cc(C)c(/C=C2\SC(=O)N(CC(=O)N3CCc4ccccc4C3)C2=O)c(C)c1. The molecule has 0 radical (unpaired) electrons. The number of carbonyl (C=O) groups is 3. The molecule has 154 valence electrons. The molecular formula is C24H24N2O3S. The minimum atomic E-state index is -0.393. The van der Waals surface area contributed by atoms with E-state index in [1.807, 2.05) is 39.0 Å². The van der Waals surface area contributed by atoms with Crippen molar-refractivity contribution in [1.29, 1.82) is 0 Å². The Morgan fingerprint density at radius 2 is 1.73 bits per heavy atom. The van der Waals surface area contributed by atoms with Crippen molar-refractivity contribution >= 4 is 34.9 Å². The highest BCUT2D eigenvalue weighted by atomic mass is 32.2. The number of carbonyl (C=O) groups excluding carboxylic acids is 3. The zero-order chi connectivity index (χ0) is 21.4. The zero-order valence-electron chi connectivity index (χ0n) is 17.4. The molecule has 4 rings (SSSR count). The molecular weight excluding hydrogens is 396 g/mol. The molecule has 6 heteroatoms. The summed E-state index contributed by atoms with van der Waals surface area (Å²) in [6.07, 6.45) is 2.56. The molecule has 0 spiro atoms. The lowest BCUT2D eigenvalue weighted by Crippen LogP contribution is -2.44. The van der Waals surface area contributed by atoms with Gasteiger partial charge < -0.3 is 4.90 Å². The van der Waals surface area contributed by atoms with Gasteiger partial charge in [0.15, 0.2) is 0 Å². The maximum atomic E-state index is 12.9. The van der Waals surface area contributed by atoms with Gasteiger partial charge >= 0.3 is 0 Å². The van der Waals surface area contributed by atoms with Crippen molar-refractivity contribution in [3.8, 4) is 0 Å². The standard InChI is InChI=1S/C24H24N2O3S/c1-15-10-16(2)20(17(3)11-15)12-21-23(28)26(24(29)30-21)14-22(27)25-9-8-18-6-4-5-7-19(18)13-25/h4-7,10-12H,8-9,13-14H2,1-3H3/b21-12-. The molecule has 0 atom stereocenters. The highest BCUT2D eigenvalue weighted by Crippen LogP contribution is 2.33. The number of thioether (sulfide) groups is 1. The van der Waals surface area contributed by atoms with Crippen molar-refractivity contribution in [2.75, 3.05) is 13.1 Å². The minimum absolute atomic E-state index is 0.198. The van der Waals surface area contributed by atoms with Crippen LogP contribution in [0.3, 0.4) is 0 Å². The number of nitrogens with zero attached hydrogens (tertiary/aromatic N) is 2. The first-order chi connectivity index (χ1) is 14.3. The second-order valence-corrected chi connectivity index (χ2v) is 8.91. The monoisotopic (exact) mass is 420 g/mol. The Labute approximate surface area is 180 Å². The lowest BCUT2D eigenvalue weighted by atomic mass is 9.99. The number of aryl methyl sites for hydroxylation is 3. The third kappa shape index (κ3) is 3.92. The van der Waals surface area contributed by atoms with Crippen molar-refractivity contribution in [1.82, 2.24) is 9.80 Å². The van der Waals surface area contributed by atoms with Crippen LogP contribution in [0.5, 0.6) is 0 Å². The van der Waals surface area contributed by atoms with Crippen molar-refractivity contribution in [2.24, 2.45) is 0 Å². The van der Waals surface area contributed by atoms with E-state index in [2.05, 4.69) is 18.2 Å². The van der Waals surface area contributed by atoms with Gasteiger partial charge in [0.2, 0.25) is 5.91 Å². The Balaban J connectivity index is 1.49. The molecule has 3 amide bonds. The van der Waals surface area contributed by atoms with Crippen molar-refractivity contribution in [3.05, 3.63) is 74.7 Å². The summed E-state index contributed by atoms with van der Waals surface area (Å²) in [5.74, 6) is -0.592. The summed E-state index contributed by atoms with van der Waals surface area (Å²) in [7, 11) is 0. The fraction of sp³-hybridized carbons (Fsp3) is 0.292. The molecule has 5 nitrogen and oxygen atoms in total. The third-order valence-corrected chi connectivity index (χ3v) is 6.57. The van der Waals surface area contributed by atoms with Crippen LogP contribution in [0.15, 0.2) is 41.3 Å². The third-order valence-electron chi connectivity index (χ3n) is 5.66. The predicted molar refractivity (Wildman–Crippen MR) is 119 cm³/mol. The lowest BCUT2D eigenvalue weighted by Gasteiger charge is -2.29. The van der Waals surface area contributed by atoms with Crippen molar-refractivity contribution < 1.29 is 14.4 Å². The average Bonchev–Trinajstić information content (AvgIpc) is 2.97. The van der Waals surface area contributed by atoms with Gasteiger partial charge in [-0.05, 0) is 72.8 Å². The van der Waals surface area contributed by atoms with E-state index in [9.17, 15) is 14.4 Å². The van der Waals surface area contributed by atoms with E-state index in [1.54, 1.807) is 11.0 Å². The van der Waals surface area contributed by atoms with Crippen LogP contribution in [0.4, 0.5) is 4.79 Å². The molecule has 0 aliphatic carbocycles. The maximum Gasteiger partial charge on any atom is 0.294 e. The smallest absolute Gasteiger partial charge is 0.294 e. The van der Waals surface area contributed by atoms with Gasteiger partial charge in [-0.2, -0.15) is 0 Å². The molecule has 0 bridgehead atoms. The van der Waals surface area contributed by atoms with E-state index >= 15 is 0 Å². The lowest BCUT2D eigenvalue weighted by molar-refractivity contribution is -0.136. The normalized spacial score (nSPS) is 17.6. The Morgan fingerprint density at radius 1 is 1.07 bits per heavy atom. The first-order valence-electron chi connectivity index (χ1n) is 10.0. The van der Waals surface area contributed by atoms with E-state index in [0.29, 0.717) is 18.0 Å². The highest BCUT2D eigenvalue weighted by molar-refractivity contribution is 8.18. The number of rotatable bonds is 3. The Hall–Kier alpha value is -2.86. The van der Waals surface area contributed by atoms with Gasteiger partial charge in [0.25, 0.3) is 11.1 Å². The highest BCUT2D eigenvalue weighted by Gasteiger charge is 2.37. The number of amides is 3. The van der Waals surface area contributed by atoms with Gasteiger partial charge in [0.05, 0.1) is 4.91 Å². The van der Waals surface area contributed by atoms with Crippen LogP contribution < -0.4 is 0 Å². The van der Waals surface area contributed by atoms with E-state index in [4.69, 9.17) is 0 Å². The topological polar surface area (TPSA) is 57.7 Å². The number of hydrogen-bond acceptors (Lipinski definition) is 4. The van der Waals surface area contributed by atoms with Crippen LogP contribution >= 0.6 is 11.8 Å². The predicted octanol–water partition coefficient (Wildman–Crippen LogP) is 4.23.